The molecule has 8 nitrogen and oxygen atoms in total. The summed E-state index contributed by atoms with van der Waals surface area (Å²) in [6.45, 7) is 8.07. The van der Waals surface area contributed by atoms with Crippen LogP contribution in [-0.4, -0.2) is 75.8 Å². The molecule has 1 heterocycles. The molecule has 1 saturated heterocycles. The van der Waals surface area contributed by atoms with Crippen LogP contribution in [0.3, 0.4) is 0 Å². The normalized spacial score (nSPS) is 14.6. The molecule has 2 aromatic carbocycles. The van der Waals surface area contributed by atoms with E-state index in [4.69, 9.17) is 24.7 Å². The third kappa shape index (κ3) is 5.74. The van der Waals surface area contributed by atoms with E-state index in [9.17, 15) is 4.79 Å². The zero-order valence-corrected chi connectivity index (χ0v) is 20.9. The van der Waals surface area contributed by atoms with Crippen molar-refractivity contribution in [3.05, 3.63) is 41.5 Å². The summed E-state index contributed by atoms with van der Waals surface area (Å²) in [5, 5.41) is 0. The number of rotatable bonds is 9. The summed E-state index contributed by atoms with van der Waals surface area (Å²) in [4.78, 5) is 17.9. The fraction of sp³-hybridized carbons (Fsp3) is 0.500. The number of hydrogen-bond donors (Lipinski definition) is 1. The van der Waals surface area contributed by atoms with Gasteiger partial charge in [-0.2, -0.15) is 0 Å². The number of carbonyl (C=O) groups excluding carboxylic acids is 1. The smallest absolute Gasteiger partial charge is 0.257 e. The predicted octanol–water partition coefficient (Wildman–Crippen LogP) is 3.56. The van der Waals surface area contributed by atoms with E-state index in [1.807, 2.05) is 29.2 Å². The average molecular weight is 472 g/mol. The molecule has 1 amide bonds. The van der Waals surface area contributed by atoms with Crippen LogP contribution in [0.1, 0.15) is 36.2 Å². The Bertz CT molecular complexity index is 962. The van der Waals surface area contributed by atoms with Gasteiger partial charge in [0.2, 0.25) is 11.5 Å². The summed E-state index contributed by atoms with van der Waals surface area (Å²) in [5.41, 5.74) is 7.15. The minimum absolute atomic E-state index is 0.119. The Hall–Kier alpha value is -2.97. The molecule has 0 spiro atoms. The quantitative estimate of drug-likeness (QED) is 0.598. The van der Waals surface area contributed by atoms with Gasteiger partial charge in [-0.15, -0.1) is 0 Å². The molecule has 0 saturated carbocycles. The number of carbonyl (C=O) groups is 1. The molecule has 34 heavy (non-hydrogen) atoms. The van der Waals surface area contributed by atoms with Crippen molar-refractivity contribution in [2.24, 2.45) is 5.73 Å². The SMILES string of the molecule is COc1c(Oc2ccc(CCN)cc2)cc(C(=O)N2CCCN(C(C)C)CC2)c(OC)c1OC. The van der Waals surface area contributed by atoms with Crippen molar-refractivity contribution in [1.29, 1.82) is 0 Å². The zero-order chi connectivity index (χ0) is 24.7. The third-order valence-corrected chi connectivity index (χ3v) is 6.13. The maximum absolute atomic E-state index is 13.7. The van der Waals surface area contributed by atoms with E-state index in [2.05, 4.69) is 18.7 Å². The van der Waals surface area contributed by atoms with Crippen LogP contribution in [0.25, 0.3) is 0 Å². The summed E-state index contributed by atoms with van der Waals surface area (Å²) in [6.07, 6.45) is 1.71. The summed E-state index contributed by atoms with van der Waals surface area (Å²) in [6, 6.07) is 9.82. The van der Waals surface area contributed by atoms with Gasteiger partial charge >= 0.3 is 0 Å². The second-order valence-corrected chi connectivity index (χ2v) is 8.58. The summed E-state index contributed by atoms with van der Waals surface area (Å²) >= 11 is 0. The largest absolute Gasteiger partial charge is 0.492 e. The van der Waals surface area contributed by atoms with Gasteiger partial charge in [0.05, 0.1) is 26.9 Å². The van der Waals surface area contributed by atoms with E-state index in [-0.39, 0.29) is 5.91 Å². The summed E-state index contributed by atoms with van der Waals surface area (Å²) in [7, 11) is 4.57. The van der Waals surface area contributed by atoms with Crippen molar-refractivity contribution in [1.82, 2.24) is 9.80 Å². The minimum atomic E-state index is -0.119. The van der Waals surface area contributed by atoms with Crippen LogP contribution >= 0.6 is 0 Å². The van der Waals surface area contributed by atoms with Crippen LogP contribution in [0, 0.1) is 0 Å². The van der Waals surface area contributed by atoms with Crippen LogP contribution in [0.15, 0.2) is 30.3 Å². The number of benzene rings is 2. The van der Waals surface area contributed by atoms with Crippen LogP contribution in [0.5, 0.6) is 28.7 Å². The standard InChI is InChI=1S/C26H37N3O5/c1-18(2)28-13-6-14-29(16-15-28)26(30)21-17-22(24(32-4)25(33-5)23(21)31-3)34-20-9-7-19(8-10-20)11-12-27/h7-10,17-18H,6,11-16,27H2,1-5H3. The highest BCUT2D eigenvalue weighted by Crippen LogP contribution is 2.48. The molecule has 1 aliphatic rings. The highest BCUT2D eigenvalue weighted by Gasteiger charge is 2.29. The Morgan fingerprint density at radius 3 is 2.21 bits per heavy atom. The first kappa shape index (κ1) is 25.6. The monoisotopic (exact) mass is 471 g/mol. The van der Waals surface area contributed by atoms with Crippen LogP contribution in [-0.2, 0) is 6.42 Å². The molecule has 0 aliphatic carbocycles. The molecule has 1 fully saturated rings. The number of amides is 1. The van der Waals surface area contributed by atoms with E-state index in [0.29, 0.717) is 60.0 Å². The highest BCUT2D eigenvalue weighted by molar-refractivity contribution is 5.99. The zero-order valence-electron chi connectivity index (χ0n) is 20.9. The number of methoxy groups -OCH3 is 3. The molecule has 2 N–H and O–H groups in total. The van der Waals surface area contributed by atoms with Gasteiger partial charge in [0.15, 0.2) is 11.5 Å². The lowest BCUT2D eigenvalue weighted by Crippen LogP contribution is -2.37. The second kappa shape index (κ2) is 11.9. The van der Waals surface area contributed by atoms with Gasteiger partial charge in [0.25, 0.3) is 5.91 Å². The van der Waals surface area contributed by atoms with E-state index in [0.717, 1.165) is 31.5 Å². The second-order valence-electron chi connectivity index (χ2n) is 8.58. The molecule has 0 aromatic heterocycles. The van der Waals surface area contributed by atoms with E-state index >= 15 is 0 Å². The first-order valence-corrected chi connectivity index (χ1v) is 11.8. The number of ether oxygens (including phenoxy) is 4. The predicted molar refractivity (Wildman–Crippen MR) is 133 cm³/mol. The lowest BCUT2D eigenvalue weighted by atomic mass is 10.1. The van der Waals surface area contributed by atoms with Gasteiger partial charge < -0.3 is 29.6 Å². The molecule has 0 bridgehead atoms. The average Bonchev–Trinajstić information content (AvgIpc) is 3.10. The fourth-order valence-electron chi connectivity index (χ4n) is 4.26. The molecule has 0 unspecified atom stereocenters. The van der Waals surface area contributed by atoms with Crippen molar-refractivity contribution < 1.29 is 23.7 Å². The molecule has 0 atom stereocenters. The van der Waals surface area contributed by atoms with Gasteiger partial charge in [-0.1, -0.05) is 12.1 Å². The number of nitrogens with zero attached hydrogens (tertiary/aromatic N) is 2. The minimum Gasteiger partial charge on any atom is -0.492 e. The fourth-order valence-corrected chi connectivity index (χ4v) is 4.26. The van der Waals surface area contributed by atoms with Gasteiger partial charge in [-0.3, -0.25) is 9.69 Å². The van der Waals surface area contributed by atoms with Crippen LogP contribution < -0.4 is 24.7 Å². The topological polar surface area (TPSA) is 86.5 Å². The van der Waals surface area contributed by atoms with Crippen molar-refractivity contribution in [2.45, 2.75) is 32.7 Å². The summed E-state index contributed by atoms with van der Waals surface area (Å²) < 4.78 is 23.0. The first-order chi connectivity index (χ1) is 16.4. The Labute approximate surface area is 202 Å². The Kier molecular flexibility index (Phi) is 9.01. The molecule has 8 heteroatoms. The lowest BCUT2D eigenvalue weighted by molar-refractivity contribution is 0.0754. The first-order valence-electron chi connectivity index (χ1n) is 11.8. The molecule has 186 valence electrons. The van der Waals surface area contributed by atoms with Gasteiger partial charge in [-0.25, -0.2) is 0 Å². The van der Waals surface area contributed by atoms with Crippen molar-refractivity contribution in [3.63, 3.8) is 0 Å². The van der Waals surface area contributed by atoms with Crippen molar-refractivity contribution in [2.75, 3.05) is 54.1 Å². The lowest BCUT2D eigenvalue weighted by Gasteiger charge is -2.26. The number of hydrogen-bond acceptors (Lipinski definition) is 7. The van der Waals surface area contributed by atoms with E-state index in [1.54, 1.807) is 6.07 Å². The third-order valence-electron chi connectivity index (χ3n) is 6.13. The van der Waals surface area contributed by atoms with Gasteiger partial charge in [0.1, 0.15) is 5.75 Å². The Morgan fingerprint density at radius 2 is 1.62 bits per heavy atom. The molecular formula is C26H37N3O5. The van der Waals surface area contributed by atoms with Crippen molar-refractivity contribution >= 4 is 5.91 Å². The van der Waals surface area contributed by atoms with E-state index in [1.165, 1.54) is 21.3 Å². The highest BCUT2D eigenvalue weighted by atomic mass is 16.5. The molecule has 1 aliphatic heterocycles. The van der Waals surface area contributed by atoms with Crippen molar-refractivity contribution in [3.8, 4) is 28.7 Å². The Morgan fingerprint density at radius 1 is 0.941 bits per heavy atom. The Balaban J connectivity index is 1.97. The molecule has 0 radical (unpaired) electrons. The summed E-state index contributed by atoms with van der Waals surface area (Å²) in [5.74, 6) is 1.90. The maximum atomic E-state index is 13.7. The molecule has 2 aromatic rings. The number of nitrogens with two attached hydrogens (primary N) is 1. The van der Waals surface area contributed by atoms with Crippen LogP contribution in [0.2, 0.25) is 0 Å². The van der Waals surface area contributed by atoms with Crippen LogP contribution in [0.4, 0.5) is 0 Å². The maximum Gasteiger partial charge on any atom is 0.257 e. The van der Waals surface area contributed by atoms with Gasteiger partial charge in [-0.05, 0) is 50.9 Å². The van der Waals surface area contributed by atoms with E-state index < -0.39 is 0 Å². The molecular weight excluding hydrogens is 434 g/mol. The van der Waals surface area contributed by atoms with Gasteiger partial charge in [0, 0.05) is 38.3 Å². The molecule has 3 rings (SSSR count).